The predicted octanol–water partition coefficient (Wildman–Crippen LogP) is 2.95. The van der Waals surface area contributed by atoms with Crippen LogP contribution in [-0.2, 0) is 9.53 Å². The lowest BCUT2D eigenvalue weighted by Crippen LogP contribution is -2.09. The molecule has 0 heterocycles. The molecule has 0 saturated carbocycles. The zero-order chi connectivity index (χ0) is 9.94. The quantitative estimate of drug-likeness (QED) is 0.409. The van der Waals surface area contributed by atoms with Gasteiger partial charge in [-0.25, -0.2) is 0 Å². The van der Waals surface area contributed by atoms with Crippen LogP contribution in [0.1, 0.15) is 52.4 Å². The molecule has 0 bridgehead atoms. The van der Waals surface area contributed by atoms with Crippen LogP contribution in [0, 0.1) is 0 Å². The van der Waals surface area contributed by atoms with Crippen molar-refractivity contribution in [3.05, 3.63) is 0 Å². The predicted molar refractivity (Wildman–Crippen MR) is 54.9 cm³/mol. The molecular weight excluding hydrogens is 164 g/mol. The van der Waals surface area contributed by atoms with E-state index >= 15 is 0 Å². The SMILES string of the molecule is CCCCCCCC(C)OCC=O. The van der Waals surface area contributed by atoms with Gasteiger partial charge in [0, 0.05) is 0 Å². The third kappa shape index (κ3) is 9.54. The molecule has 0 fully saturated rings. The van der Waals surface area contributed by atoms with Gasteiger partial charge in [0.1, 0.15) is 12.9 Å². The van der Waals surface area contributed by atoms with Crippen LogP contribution in [0.15, 0.2) is 0 Å². The summed E-state index contributed by atoms with van der Waals surface area (Å²) in [6.07, 6.45) is 8.61. The van der Waals surface area contributed by atoms with Crippen LogP contribution in [0.5, 0.6) is 0 Å². The molecule has 2 heteroatoms. The minimum atomic E-state index is 0.242. The summed E-state index contributed by atoms with van der Waals surface area (Å²) >= 11 is 0. The first-order valence-electron chi connectivity index (χ1n) is 5.36. The van der Waals surface area contributed by atoms with Crippen molar-refractivity contribution in [2.24, 2.45) is 0 Å². The van der Waals surface area contributed by atoms with E-state index in [-0.39, 0.29) is 12.7 Å². The summed E-state index contributed by atoms with van der Waals surface area (Å²) in [7, 11) is 0. The van der Waals surface area contributed by atoms with Crippen molar-refractivity contribution in [3.8, 4) is 0 Å². The third-order valence-corrected chi connectivity index (χ3v) is 2.16. The van der Waals surface area contributed by atoms with Gasteiger partial charge in [0.25, 0.3) is 0 Å². The summed E-state index contributed by atoms with van der Waals surface area (Å²) in [5.74, 6) is 0. The second kappa shape index (κ2) is 9.72. The lowest BCUT2D eigenvalue weighted by atomic mass is 10.1. The number of unbranched alkanes of at least 4 members (excludes halogenated alkanes) is 4. The van der Waals surface area contributed by atoms with E-state index in [2.05, 4.69) is 6.92 Å². The summed E-state index contributed by atoms with van der Waals surface area (Å²) in [4.78, 5) is 10.00. The van der Waals surface area contributed by atoms with E-state index < -0.39 is 0 Å². The Kier molecular flexibility index (Phi) is 9.44. The highest BCUT2D eigenvalue weighted by molar-refractivity contribution is 5.50. The third-order valence-electron chi connectivity index (χ3n) is 2.16. The fourth-order valence-electron chi connectivity index (χ4n) is 1.32. The van der Waals surface area contributed by atoms with Crippen LogP contribution in [0.3, 0.4) is 0 Å². The van der Waals surface area contributed by atoms with Crippen molar-refractivity contribution < 1.29 is 9.53 Å². The lowest BCUT2D eigenvalue weighted by molar-refractivity contribution is -0.113. The topological polar surface area (TPSA) is 26.3 Å². The average Bonchev–Trinajstić information content (AvgIpc) is 2.14. The Morgan fingerprint density at radius 2 is 1.92 bits per heavy atom. The van der Waals surface area contributed by atoms with Crippen molar-refractivity contribution in [1.29, 1.82) is 0 Å². The van der Waals surface area contributed by atoms with Crippen LogP contribution in [0.4, 0.5) is 0 Å². The molecule has 0 aromatic heterocycles. The largest absolute Gasteiger partial charge is 0.371 e. The molecule has 0 amide bonds. The molecule has 0 aliphatic rings. The second-order valence-corrected chi connectivity index (χ2v) is 3.51. The number of carbonyl (C=O) groups excluding carboxylic acids is 1. The number of hydrogen-bond acceptors (Lipinski definition) is 2. The van der Waals surface area contributed by atoms with Crippen molar-refractivity contribution in [2.45, 2.75) is 58.5 Å². The first-order chi connectivity index (χ1) is 6.31. The minimum Gasteiger partial charge on any atom is -0.371 e. The van der Waals surface area contributed by atoms with Crippen LogP contribution in [-0.4, -0.2) is 19.0 Å². The van der Waals surface area contributed by atoms with Crippen molar-refractivity contribution in [2.75, 3.05) is 6.61 Å². The highest BCUT2D eigenvalue weighted by Crippen LogP contribution is 2.08. The van der Waals surface area contributed by atoms with E-state index in [9.17, 15) is 4.79 Å². The molecule has 1 unspecified atom stereocenters. The van der Waals surface area contributed by atoms with Crippen molar-refractivity contribution in [3.63, 3.8) is 0 Å². The second-order valence-electron chi connectivity index (χ2n) is 3.51. The Bertz CT molecular complexity index is 113. The summed E-state index contributed by atoms with van der Waals surface area (Å²) in [5.41, 5.74) is 0. The van der Waals surface area contributed by atoms with Gasteiger partial charge in [0.2, 0.25) is 0 Å². The molecule has 0 aliphatic carbocycles. The van der Waals surface area contributed by atoms with Gasteiger partial charge in [-0.15, -0.1) is 0 Å². The Balaban J connectivity index is 3.07. The van der Waals surface area contributed by atoms with Gasteiger partial charge in [0.15, 0.2) is 0 Å². The van der Waals surface area contributed by atoms with Gasteiger partial charge in [-0.1, -0.05) is 39.0 Å². The first-order valence-corrected chi connectivity index (χ1v) is 5.36. The van der Waals surface area contributed by atoms with Gasteiger partial charge >= 0.3 is 0 Å². The highest BCUT2D eigenvalue weighted by atomic mass is 16.5. The molecule has 2 nitrogen and oxygen atoms in total. The fraction of sp³-hybridized carbons (Fsp3) is 0.909. The maximum absolute atomic E-state index is 10.00. The highest BCUT2D eigenvalue weighted by Gasteiger charge is 2.00. The van der Waals surface area contributed by atoms with Gasteiger partial charge in [0.05, 0.1) is 6.10 Å². The molecule has 13 heavy (non-hydrogen) atoms. The molecule has 78 valence electrons. The summed E-state index contributed by atoms with van der Waals surface area (Å²) in [6.45, 7) is 4.50. The average molecular weight is 186 g/mol. The maximum atomic E-state index is 10.00. The van der Waals surface area contributed by atoms with E-state index in [0.29, 0.717) is 0 Å². The molecule has 0 rings (SSSR count). The van der Waals surface area contributed by atoms with E-state index in [1.807, 2.05) is 6.92 Å². The van der Waals surface area contributed by atoms with E-state index in [0.717, 1.165) is 12.7 Å². The summed E-state index contributed by atoms with van der Waals surface area (Å²) in [5, 5.41) is 0. The summed E-state index contributed by atoms with van der Waals surface area (Å²) < 4.78 is 5.23. The zero-order valence-electron chi connectivity index (χ0n) is 8.92. The normalized spacial score (nSPS) is 12.8. The standard InChI is InChI=1S/C11H22O2/c1-3-4-5-6-7-8-11(2)13-10-9-12/h9,11H,3-8,10H2,1-2H3. The van der Waals surface area contributed by atoms with Crippen LogP contribution >= 0.6 is 0 Å². The van der Waals surface area contributed by atoms with E-state index in [1.54, 1.807) is 0 Å². The molecule has 0 aromatic carbocycles. The molecule has 0 aromatic rings. The van der Waals surface area contributed by atoms with Crippen LogP contribution in [0.25, 0.3) is 0 Å². The van der Waals surface area contributed by atoms with Crippen molar-refractivity contribution >= 4 is 6.29 Å². The van der Waals surface area contributed by atoms with Gasteiger partial charge in [-0.2, -0.15) is 0 Å². The fourth-order valence-corrected chi connectivity index (χ4v) is 1.32. The Morgan fingerprint density at radius 3 is 2.54 bits per heavy atom. The molecule has 0 saturated heterocycles. The maximum Gasteiger partial charge on any atom is 0.145 e. The van der Waals surface area contributed by atoms with Crippen LogP contribution in [0.2, 0.25) is 0 Å². The lowest BCUT2D eigenvalue weighted by Gasteiger charge is -2.09. The van der Waals surface area contributed by atoms with Crippen molar-refractivity contribution in [1.82, 2.24) is 0 Å². The molecule has 0 spiro atoms. The van der Waals surface area contributed by atoms with Crippen LogP contribution < -0.4 is 0 Å². The van der Waals surface area contributed by atoms with Gasteiger partial charge in [-0.05, 0) is 13.3 Å². The van der Waals surface area contributed by atoms with Gasteiger partial charge < -0.3 is 9.53 Å². The number of hydrogen-bond donors (Lipinski definition) is 0. The molecular formula is C11H22O2. The van der Waals surface area contributed by atoms with Gasteiger partial charge in [-0.3, -0.25) is 0 Å². The Hall–Kier alpha value is -0.370. The minimum absolute atomic E-state index is 0.242. The monoisotopic (exact) mass is 186 g/mol. The molecule has 1 atom stereocenters. The molecule has 0 aliphatic heterocycles. The number of aldehydes is 1. The molecule has 0 radical (unpaired) electrons. The number of carbonyl (C=O) groups is 1. The summed E-state index contributed by atoms with van der Waals surface area (Å²) in [6, 6.07) is 0. The zero-order valence-corrected chi connectivity index (χ0v) is 8.92. The molecule has 0 N–H and O–H groups in total. The first kappa shape index (κ1) is 12.6. The number of rotatable bonds is 9. The smallest absolute Gasteiger partial charge is 0.145 e. The van der Waals surface area contributed by atoms with E-state index in [1.165, 1.54) is 32.1 Å². The Morgan fingerprint density at radius 1 is 1.23 bits per heavy atom. The number of ether oxygens (including phenoxy) is 1. The van der Waals surface area contributed by atoms with E-state index in [4.69, 9.17) is 4.74 Å². The Labute approximate surface area is 81.7 Å².